The summed E-state index contributed by atoms with van der Waals surface area (Å²) in [6.45, 7) is 5.58. The van der Waals surface area contributed by atoms with Crippen LogP contribution in [0.4, 0.5) is 0 Å². The summed E-state index contributed by atoms with van der Waals surface area (Å²) in [6, 6.07) is 4.45. The predicted molar refractivity (Wildman–Crippen MR) is 116 cm³/mol. The minimum absolute atomic E-state index is 0.0549. The summed E-state index contributed by atoms with van der Waals surface area (Å²) in [4.78, 5) is 0. The van der Waals surface area contributed by atoms with E-state index in [1.165, 1.54) is 16.7 Å². The summed E-state index contributed by atoms with van der Waals surface area (Å²) in [7, 11) is 3.81. The number of fused-ring (bicyclic) bond motifs is 2. The first kappa shape index (κ1) is 20.1. The maximum atomic E-state index is 10.5. The highest BCUT2D eigenvalue weighted by Gasteiger charge is 2.31. The van der Waals surface area contributed by atoms with E-state index in [1.54, 1.807) is 0 Å². The molecule has 7 heteroatoms. The Labute approximate surface area is 169 Å². The van der Waals surface area contributed by atoms with E-state index in [2.05, 4.69) is 56.6 Å². The summed E-state index contributed by atoms with van der Waals surface area (Å²) in [5.74, 6) is 3.84. The summed E-state index contributed by atoms with van der Waals surface area (Å²) in [5, 5.41) is 14.1. The van der Waals surface area contributed by atoms with Gasteiger partial charge in [-0.3, -0.25) is 0 Å². The van der Waals surface area contributed by atoms with Gasteiger partial charge in [0.2, 0.25) is 0 Å². The number of aliphatic hydroxyl groups is 1. The minimum Gasteiger partial charge on any atom is -0.487 e. The third-order valence-electron chi connectivity index (χ3n) is 5.02. The second-order valence-electron chi connectivity index (χ2n) is 7.50. The average molecular weight is 418 g/mol. The third kappa shape index (κ3) is 4.79. The zero-order valence-corrected chi connectivity index (χ0v) is 18.1. The van der Waals surface area contributed by atoms with Crippen molar-refractivity contribution >= 4 is 46.8 Å². The SMILES string of the molecule is CC(C)(CS)C(S)CNCC(O)C1Cc2cc3c(cc2O1)CSSC3. The fraction of sp³-hybridized carbons (Fsp3) is 0.667. The molecular weight excluding hydrogens is 390 g/mol. The van der Waals surface area contributed by atoms with Crippen LogP contribution in [0.5, 0.6) is 5.75 Å². The molecule has 3 unspecified atom stereocenters. The normalized spacial score (nSPS) is 22.0. The minimum atomic E-state index is -0.521. The van der Waals surface area contributed by atoms with Crippen LogP contribution in [0.3, 0.4) is 0 Å². The number of hydrogen-bond donors (Lipinski definition) is 4. The van der Waals surface area contributed by atoms with E-state index in [9.17, 15) is 5.11 Å². The second kappa shape index (κ2) is 8.57. The lowest BCUT2D eigenvalue weighted by atomic mass is 9.91. The quantitative estimate of drug-likeness (QED) is 0.403. The summed E-state index contributed by atoms with van der Waals surface area (Å²) < 4.78 is 6.04. The third-order valence-corrected chi connectivity index (χ3v) is 8.95. The smallest absolute Gasteiger partial charge is 0.130 e. The molecule has 1 aromatic rings. The number of benzene rings is 1. The van der Waals surface area contributed by atoms with Gasteiger partial charge >= 0.3 is 0 Å². The van der Waals surface area contributed by atoms with Crippen molar-refractivity contribution in [1.82, 2.24) is 5.32 Å². The van der Waals surface area contributed by atoms with Gasteiger partial charge in [-0.1, -0.05) is 41.5 Å². The van der Waals surface area contributed by atoms with Gasteiger partial charge in [0.1, 0.15) is 18.0 Å². The fourth-order valence-electron chi connectivity index (χ4n) is 2.98. The molecule has 0 spiro atoms. The van der Waals surface area contributed by atoms with Gasteiger partial charge in [-0.15, -0.1) is 0 Å². The van der Waals surface area contributed by atoms with Crippen molar-refractivity contribution in [2.24, 2.45) is 5.41 Å². The highest BCUT2D eigenvalue weighted by molar-refractivity contribution is 8.76. The molecule has 0 fully saturated rings. The van der Waals surface area contributed by atoms with Gasteiger partial charge in [-0.2, -0.15) is 25.3 Å². The largest absolute Gasteiger partial charge is 0.487 e. The lowest BCUT2D eigenvalue weighted by Gasteiger charge is -2.30. The first-order valence-electron chi connectivity index (χ1n) is 8.64. The number of hydrogen-bond acceptors (Lipinski definition) is 7. The second-order valence-corrected chi connectivity index (χ2v) is 10.9. The van der Waals surface area contributed by atoms with Crippen LogP contribution in [0.15, 0.2) is 12.1 Å². The lowest BCUT2D eigenvalue weighted by Crippen LogP contribution is -2.43. The Morgan fingerprint density at radius 1 is 1.24 bits per heavy atom. The summed E-state index contributed by atoms with van der Waals surface area (Å²) in [6.07, 6.45) is 0.103. The van der Waals surface area contributed by atoms with Crippen molar-refractivity contribution < 1.29 is 9.84 Å². The number of thiol groups is 2. The van der Waals surface area contributed by atoms with E-state index in [0.29, 0.717) is 6.54 Å². The highest BCUT2D eigenvalue weighted by atomic mass is 33.1. The molecule has 0 aliphatic carbocycles. The lowest BCUT2D eigenvalue weighted by molar-refractivity contribution is 0.0498. The van der Waals surface area contributed by atoms with Crippen molar-refractivity contribution in [1.29, 1.82) is 0 Å². The number of aliphatic hydroxyl groups excluding tert-OH is 1. The molecule has 0 aromatic heterocycles. The average Bonchev–Trinajstić information content (AvgIpc) is 3.02. The Morgan fingerprint density at radius 3 is 2.60 bits per heavy atom. The van der Waals surface area contributed by atoms with Crippen LogP contribution in [0, 0.1) is 5.41 Å². The molecule has 1 aromatic carbocycles. The van der Waals surface area contributed by atoms with Gasteiger partial charge in [0.15, 0.2) is 0 Å². The number of rotatable bonds is 7. The molecule has 3 rings (SSSR count). The molecule has 25 heavy (non-hydrogen) atoms. The first-order valence-corrected chi connectivity index (χ1v) is 12.3. The van der Waals surface area contributed by atoms with E-state index >= 15 is 0 Å². The molecule has 3 atom stereocenters. The van der Waals surface area contributed by atoms with Gasteiger partial charge in [0.25, 0.3) is 0 Å². The van der Waals surface area contributed by atoms with Crippen LogP contribution >= 0.6 is 46.8 Å². The molecule has 0 bridgehead atoms. The molecule has 0 saturated carbocycles. The van der Waals surface area contributed by atoms with Gasteiger partial charge < -0.3 is 15.2 Å². The molecule has 0 amide bonds. The van der Waals surface area contributed by atoms with Gasteiger partial charge in [-0.25, -0.2) is 0 Å². The standard InChI is InChI=1S/C18H27NO2S4/c1-18(2,10-22)17(23)7-19-6-14(20)16-4-11-3-12-8-24-25-9-13(12)5-15(11)21-16/h3,5,14,16-17,19-20,22-23H,4,6-10H2,1-2H3. The van der Waals surface area contributed by atoms with Gasteiger partial charge in [-0.05, 0) is 33.9 Å². The van der Waals surface area contributed by atoms with E-state index in [-0.39, 0.29) is 16.8 Å². The Balaban J connectivity index is 1.51. The van der Waals surface area contributed by atoms with E-state index in [4.69, 9.17) is 4.74 Å². The monoisotopic (exact) mass is 417 g/mol. The highest BCUT2D eigenvalue weighted by Crippen LogP contribution is 2.41. The number of ether oxygens (including phenoxy) is 1. The molecule has 2 aliphatic rings. The van der Waals surface area contributed by atoms with Crippen molar-refractivity contribution in [2.45, 2.75) is 49.2 Å². The maximum Gasteiger partial charge on any atom is 0.130 e. The van der Waals surface area contributed by atoms with Crippen molar-refractivity contribution in [2.75, 3.05) is 18.8 Å². The molecule has 0 saturated heterocycles. The van der Waals surface area contributed by atoms with Crippen LogP contribution in [0.1, 0.15) is 30.5 Å². The van der Waals surface area contributed by atoms with Gasteiger partial charge in [0, 0.05) is 36.3 Å². The Bertz CT molecular complexity index is 576. The Hall–Kier alpha value is 0.340. The van der Waals surface area contributed by atoms with Gasteiger partial charge in [0.05, 0.1) is 0 Å². The maximum absolute atomic E-state index is 10.5. The zero-order chi connectivity index (χ0) is 18.0. The van der Waals surface area contributed by atoms with Crippen LogP contribution < -0.4 is 10.1 Å². The van der Waals surface area contributed by atoms with Crippen LogP contribution in [-0.2, 0) is 17.9 Å². The topological polar surface area (TPSA) is 41.5 Å². The van der Waals surface area contributed by atoms with Crippen LogP contribution in [0.2, 0.25) is 0 Å². The molecule has 2 N–H and O–H groups in total. The van der Waals surface area contributed by atoms with E-state index in [1.807, 2.05) is 21.6 Å². The van der Waals surface area contributed by atoms with E-state index in [0.717, 1.165) is 36.0 Å². The first-order chi connectivity index (χ1) is 11.9. The van der Waals surface area contributed by atoms with Crippen molar-refractivity contribution in [3.63, 3.8) is 0 Å². The summed E-state index contributed by atoms with van der Waals surface area (Å²) in [5.41, 5.74) is 4.09. The van der Waals surface area contributed by atoms with Crippen LogP contribution in [0.25, 0.3) is 0 Å². The molecule has 2 aliphatic heterocycles. The van der Waals surface area contributed by atoms with Crippen molar-refractivity contribution in [3.8, 4) is 5.75 Å². The summed E-state index contributed by atoms with van der Waals surface area (Å²) >= 11 is 9.06. The van der Waals surface area contributed by atoms with Crippen LogP contribution in [-0.4, -0.2) is 41.4 Å². The molecule has 2 heterocycles. The Morgan fingerprint density at radius 2 is 1.92 bits per heavy atom. The molecule has 140 valence electrons. The molecule has 0 radical (unpaired) electrons. The number of nitrogens with one attached hydrogen (secondary N) is 1. The van der Waals surface area contributed by atoms with Crippen molar-refractivity contribution in [3.05, 3.63) is 28.8 Å². The Kier molecular flexibility index (Phi) is 6.88. The predicted octanol–water partition coefficient (Wildman–Crippen LogP) is 3.59. The molecular formula is C18H27NO2S4. The zero-order valence-electron chi connectivity index (χ0n) is 14.7. The fourth-order valence-corrected chi connectivity index (χ4v) is 5.79. The molecule has 3 nitrogen and oxygen atoms in total. The van der Waals surface area contributed by atoms with E-state index < -0.39 is 6.10 Å².